The van der Waals surface area contributed by atoms with Crippen LogP contribution in [0.15, 0.2) is 121 Å². The van der Waals surface area contributed by atoms with E-state index in [0.29, 0.717) is 22.3 Å². The molecule has 0 fully saturated rings. The van der Waals surface area contributed by atoms with E-state index >= 15 is 0 Å². The van der Waals surface area contributed by atoms with Crippen LogP contribution in [0.4, 0.5) is 0 Å². The molecule has 0 radical (unpaired) electrons. The highest BCUT2D eigenvalue weighted by Gasteiger charge is 2.25. The highest BCUT2D eigenvalue weighted by molar-refractivity contribution is 5.91. The molecule has 0 aromatic heterocycles. The summed E-state index contributed by atoms with van der Waals surface area (Å²) in [5, 5.41) is 0. The van der Waals surface area contributed by atoms with E-state index in [0.717, 1.165) is 27.8 Å². The average molecular weight is 831 g/mol. The summed E-state index contributed by atoms with van der Waals surface area (Å²) in [7, 11) is 0. The van der Waals surface area contributed by atoms with Crippen LogP contribution in [0.5, 0.6) is 0 Å². The summed E-state index contributed by atoms with van der Waals surface area (Å²) in [6.07, 6.45) is -3.13. The maximum atomic E-state index is 13.3. The van der Waals surface area contributed by atoms with Crippen molar-refractivity contribution in [3.05, 3.63) is 177 Å². The van der Waals surface area contributed by atoms with E-state index in [9.17, 15) is 24.0 Å². The highest BCUT2D eigenvalue weighted by Crippen LogP contribution is 2.14. The monoisotopic (exact) mass is 830 g/mol. The Bertz CT molecular complexity index is 2080. The summed E-state index contributed by atoms with van der Waals surface area (Å²) in [5.41, 5.74) is 6.31. The van der Waals surface area contributed by atoms with Crippen LogP contribution in [0, 0.1) is 34.6 Å². The summed E-state index contributed by atoms with van der Waals surface area (Å²) < 4.78 is 40.3. The molecule has 2 atom stereocenters. The van der Waals surface area contributed by atoms with Crippen LogP contribution in [0.25, 0.3) is 0 Å². The van der Waals surface area contributed by atoms with Gasteiger partial charge in [-0.05, 0) is 95.3 Å². The molecule has 318 valence electrons. The second-order valence-electron chi connectivity index (χ2n) is 14.7. The fourth-order valence-corrected chi connectivity index (χ4v) is 5.62. The third-order valence-electron chi connectivity index (χ3n) is 9.27. The molecule has 0 aliphatic carbocycles. The molecular formula is C49H50O12. The van der Waals surface area contributed by atoms with Crippen LogP contribution in [0.3, 0.4) is 0 Å². The zero-order chi connectivity index (χ0) is 43.7. The van der Waals surface area contributed by atoms with Crippen molar-refractivity contribution < 1.29 is 57.1 Å². The van der Waals surface area contributed by atoms with E-state index in [1.165, 1.54) is 0 Å². The van der Waals surface area contributed by atoms with Crippen LogP contribution in [0.1, 0.15) is 79.6 Å². The number of esters is 5. The summed E-state index contributed by atoms with van der Waals surface area (Å²) >= 11 is 0. The summed E-state index contributed by atoms with van der Waals surface area (Å²) in [6, 6.07) is 34.1. The minimum absolute atomic E-state index is 0.238. The SMILES string of the molecule is Cc1ccc(C(=O)OCC(COCC(COCC(COC(=O)c2ccc(C)cc2)OC(=O)c2ccc(C)cc2)OC(=O)c2ccc(C)cc2)OC(=O)c2ccc(C)cc2)cc1. The van der Waals surface area contributed by atoms with Gasteiger partial charge in [-0.25, -0.2) is 24.0 Å². The number of hydrogen-bond acceptors (Lipinski definition) is 12. The molecule has 0 bridgehead atoms. The predicted molar refractivity (Wildman–Crippen MR) is 226 cm³/mol. The van der Waals surface area contributed by atoms with E-state index in [2.05, 4.69) is 0 Å². The lowest BCUT2D eigenvalue weighted by Gasteiger charge is -2.23. The van der Waals surface area contributed by atoms with Gasteiger partial charge in [-0.2, -0.15) is 0 Å². The molecule has 5 aromatic carbocycles. The van der Waals surface area contributed by atoms with Crippen molar-refractivity contribution in [1.29, 1.82) is 0 Å². The van der Waals surface area contributed by atoms with Gasteiger partial charge < -0.3 is 33.2 Å². The molecule has 0 aliphatic rings. The summed E-state index contributed by atoms with van der Waals surface area (Å²) in [5.74, 6) is -3.19. The van der Waals surface area contributed by atoms with Crippen molar-refractivity contribution in [3.63, 3.8) is 0 Å². The third kappa shape index (κ3) is 14.9. The van der Waals surface area contributed by atoms with Crippen molar-refractivity contribution >= 4 is 29.8 Å². The average Bonchev–Trinajstić information content (AvgIpc) is 3.25. The molecule has 5 aromatic rings. The molecule has 0 heterocycles. The van der Waals surface area contributed by atoms with Gasteiger partial charge in [0.25, 0.3) is 0 Å². The molecule has 5 rings (SSSR count). The van der Waals surface area contributed by atoms with Gasteiger partial charge in [0, 0.05) is 0 Å². The number of rotatable bonds is 20. The van der Waals surface area contributed by atoms with Crippen molar-refractivity contribution in [2.24, 2.45) is 0 Å². The van der Waals surface area contributed by atoms with Crippen LogP contribution in [-0.2, 0) is 33.2 Å². The second-order valence-corrected chi connectivity index (χ2v) is 14.7. The smallest absolute Gasteiger partial charge is 0.338 e. The van der Waals surface area contributed by atoms with Crippen LogP contribution < -0.4 is 0 Å². The number of carbonyl (C=O) groups is 5. The van der Waals surface area contributed by atoms with Gasteiger partial charge in [-0.1, -0.05) is 88.5 Å². The van der Waals surface area contributed by atoms with Crippen molar-refractivity contribution in [1.82, 2.24) is 0 Å². The lowest BCUT2D eigenvalue weighted by atomic mass is 10.1. The quantitative estimate of drug-likeness (QED) is 0.0553. The molecule has 0 saturated carbocycles. The first kappa shape index (κ1) is 45.5. The van der Waals surface area contributed by atoms with Crippen LogP contribution in [-0.4, -0.2) is 87.8 Å². The Hall–Kier alpha value is -6.63. The molecule has 12 heteroatoms. The van der Waals surface area contributed by atoms with E-state index < -0.39 is 48.2 Å². The molecule has 61 heavy (non-hydrogen) atoms. The number of aryl methyl sites for hydroxylation is 5. The molecule has 0 aliphatic heterocycles. The number of hydrogen-bond donors (Lipinski definition) is 0. The Morgan fingerprint density at radius 1 is 0.311 bits per heavy atom. The Labute approximate surface area is 355 Å². The predicted octanol–water partition coefficient (Wildman–Crippen LogP) is 7.95. The Balaban J connectivity index is 1.27. The topological polar surface area (TPSA) is 150 Å². The molecule has 0 N–H and O–H groups in total. The standard InChI is InChI=1S/C49H50O12/c1-32-6-16-37(17-7-32)45(50)57-30-43(60-48(53)40-22-12-35(4)13-23-40)28-55-26-42(59-47(52)39-20-10-34(3)11-21-39)27-56-29-44(61-49(54)41-24-14-36(5)15-25-41)31-58-46(51)38-18-8-33(2)9-19-38/h6-25,42-44H,26-31H2,1-5H3. The Morgan fingerprint density at radius 3 is 0.738 bits per heavy atom. The zero-order valence-corrected chi connectivity index (χ0v) is 34.9. The van der Waals surface area contributed by atoms with Gasteiger partial charge in [-0.15, -0.1) is 0 Å². The van der Waals surface area contributed by atoms with Gasteiger partial charge in [0.05, 0.1) is 54.2 Å². The van der Waals surface area contributed by atoms with E-state index in [-0.39, 0.29) is 45.2 Å². The fraction of sp³-hybridized carbons (Fsp3) is 0.286. The maximum Gasteiger partial charge on any atom is 0.338 e. The lowest BCUT2D eigenvalue weighted by Crippen LogP contribution is -2.35. The van der Waals surface area contributed by atoms with Crippen molar-refractivity contribution in [3.8, 4) is 0 Å². The first-order chi connectivity index (χ1) is 29.3. The van der Waals surface area contributed by atoms with Crippen molar-refractivity contribution in [2.75, 3.05) is 39.6 Å². The normalized spacial score (nSPS) is 12.3. The van der Waals surface area contributed by atoms with Gasteiger partial charge in [0.1, 0.15) is 19.3 Å². The Morgan fingerprint density at radius 2 is 0.508 bits per heavy atom. The molecular weight excluding hydrogens is 781 g/mol. The summed E-state index contributed by atoms with van der Waals surface area (Å²) in [6.45, 7) is 7.83. The molecule has 12 nitrogen and oxygen atoms in total. The van der Waals surface area contributed by atoms with E-state index in [4.69, 9.17) is 33.2 Å². The third-order valence-corrected chi connectivity index (χ3v) is 9.27. The van der Waals surface area contributed by atoms with Gasteiger partial charge >= 0.3 is 29.8 Å². The number of benzene rings is 5. The Kier molecular flexibility index (Phi) is 16.9. The van der Waals surface area contributed by atoms with Gasteiger partial charge in [0.15, 0.2) is 12.2 Å². The fourth-order valence-electron chi connectivity index (χ4n) is 5.62. The minimum atomic E-state index is -1.05. The van der Waals surface area contributed by atoms with E-state index in [1.807, 2.05) is 34.6 Å². The lowest BCUT2D eigenvalue weighted by molar-refractivity contribution is -0.0788. The number of carbonyl (C=O) groups excluding carboxylic acids is 5. The molecule has 0 saturated heterocycles. The second kappa shape index (κ2) is 22.7. The highest BCUT2D eigenvalue weighted by atomic mass is 16.6. The number of ether oxygens (including phenoxy) is 7. The van der Waals surface area contributed by atoms with Gasteiger partial charge in [-0.3, -0.25) is 0 Å². The van der Waals surface area contributed by atoms with Crippen molar-refractivity contribution in [2.45, 2.75) is 52.9 Å². The summed E-state index contributed by atoms with van der Waals surface area (Å²) in [4.78, 5) is 65.3. The van der Waals surface area contributed by atoms with E-state index in [1.54, 1.807) is 121 Å². The molecule has 0 spiro atoms. The largest absolute Gasteiger partial charge is 0.458 e. The first-order valence-corrected chi connectivity index (χ1v) is 19.8. The van der Waals surface area contributed by atoms with Crippen LogP contribution in [0.2, 0.25) is 0 Å². The minimum Gasteiger partial charge on any atom is -0.458 e. The molecule has 2 unspecified atom stereocenters. The van der Waals surface area contributed by atoms with Crippen LogP contribution >= 0.6 is 0 Å². The first-order valence-electron chi connectivity index (χ1n) is 19.8. The van der Waals surface area contributed by atoms with Gasteiger partial charge in [0.2, 0.25) is 0 Å². The zero-order valence-electron chi connectivity index (χ0n) is 34.9. The maximum absolute atomic E-state index is 13.3. The molecule has 0 amide bonds.